The van der Waals surface area contributed by atoms with Crippen LogP contribution in [0.5, 0.6) is 0 Å². The standard InChI is InChI=1S/C5H8N2O4/c1-3-4-5(2,6(8)9)7(10)11/h3H,1,4H2,2H3. The molecule has 0 radical (unpaired) electrons. The van der Waals surface area contributed by atoms with Crippen LogP contribution in [0.2, 0.25) is 0 Å². The molecule has 0 fully saturated rings. The summed E-state index contributed by atoms with van der Waals surface area (Å²) in [5, 5.41) is 20.3. The minimum atomic E-state index is -2.12. The third-order valence-corrected chi connectivity index (χ3v) is 1.32. The lowest BCUT2D eigenvalue weighted by Gasteiger charge is -2.08. The second kappa shape index (κ2) is 3.09. The van der Waals surface area contributed by atoms with E-state index in [-0.39, 0.29) is 6.42 Å². The lowest BCUT2D eigenvalue weighted by molar-refractivity contribution is -0.791. The van der Waals surface area contributed by atoms with Gasteiger partial charge in [-0.25, -0.2) is 0 Å². The highest BCUT2D eigenvalue weighted by molar-refractivity contribution is 4.75. The van der Waals surface area contributed by atoms with Crippen LogP contribution in [0.1, 0.15) is 13.3 Å². The highest BCUT2D eigenvalue weighted by Gasteiger charge is 2.48. The van der Waals surface area contributed by atoms with E-state index in [2.05, 4.69) is 6.58 Å². The van der Waals surface area contributed by atoms with Gasteiger partial charge in [-0.05, 0) is 0 Å². The fraction of sp³-hybridized carbons (Fsp3) is 0.600. The van der Waals surface area contributed by atoms with Gasteiger partial charge in [0.1, 0.15) is 6.42 Å². The van der Waals surface area contributed by atoms with Crippen molar-refractivity contribution in [2.24, 2.45) is 0 Å². The van der Waals surface area contributed by atoms with E-state index in [9.17, 15) is 20.2 Å². The molecule has 0 saturated heterocycles. The molecule has 0 aromatic rings. The summed E-state index contributed by atoms with van der Waals surface area (Å²) < 4.78 is 0. The van der Waals surface area contributed by atoms with Crippen LogP contribution in [0, 0.1) is 20.2 Å². The minimum Gasteiger partial charge on any atom is -0.258 e. The maximum atomic E-state index is 10.2. The van der Waals surface area contributed by atoms with Crippen molar-refractivity contribution in [2.75, 3.05) is 0 Å². The summed E-state index contributed by atoms with van der Waals surface area (Å²) in [5.74, 6) is 0. The molecule has 6 heteroatoms. The molecule has 0 amide bonds. The first-order valence-electron chi connectivity index (χ1n) is 2.85. The zero-order valence-electron chi connectivity index (χ0n) is 6.02. The molecule has 0 saturated carbocycles. The molecule has 0 unspecified atom stereocenters. The Morgan fingerprint density at radius 2 is 1.82 bits per heavy atom. The van der Waals surface area contributed by atoms with E-state index in [1.807, 2.05) is 0 Å². The third kappa shape index (κ3) is 1.73. The number of nitro groups is 2. The van der Waals surface area contributed by atoms with Crippen molar-refractivity contribution in [3.63, 3.8) is 0 Å². The van der Waals surface area contributed by atoms with Crippen LogP contribution in [-0.4, -0.2) is 15.5 Å². The van der Waals surface area contributed by atoms with Gasteiger partial charge in [0, 0.05) is 0 Å². The molecule has 0 aromatic heterocycles. The maximum absolute atomic E-state index is 10.2. The first-order valence-corrected chi connectivity index (χ1v) is 2.85. The molecule has 0 rings (SSSR count). The zero-order chi connectivity index (χ0) is 9.07. The Bertz CT molecular complexity index is 187. The monoisotopic (exact) mass is 160 g/mol. The van der Waals surface area contributed by atoms with Crippen LogP contribution in [0.3, 0.4) is 0 Å². The second-order valence-electron chi connectivity index (χ2n) is 2.22. The largest absolute Gasteiger partial charge is 0.459 e. The molecule has 0 spiro atoms. The summed E-state index contributed by atoms with van der Waals surface area (Å²) in [6.45, 7) is 4.15. The van der Waals surface area contributed by atoms with E-state index >= 15 is 0 Å². The van der Waals surface area contributed by atoms with Gasteiger partial charge in [0.25, 0.3) is 0 Å². The molecule has 0 bridgehead atoms. The zero-order valence-corrected chi connectivity index (χ0v) is 6.02. The smallest absolute Gasteiger partial charge is 0.258 e. The Kier molecular flexibility index (Phi) is 2.68. The van der Waals surface area contributed by atoms with Crippen molar-refractivity contribution in [1.82, 2.24) is 0 Å². The fourth-order valence-corrected chi connectivity index (χ4v) is 0.489. The van der Waals surface area contributed by atoms with Gasteiger partial charge in [-0.15, -0.1) is 6.58 Å². The molecule has 11 heavy (non-hydrogen) atoms. The lowest BCUT2D eigenvalue weighted by atomic mass is 10.1. The molecular formula is C5H8N2O4. The number of nitrogens with zero attached hydrogens (tertiary/aromatic N) is 2. The van der Waals surface area contributed by atoms with Crippen LogP contribution in [0.25, 0.3) is 0 Å². The molecule has 6 nitrogen and oxygen atoms in total. The van der Waals surface area contributed by atoms with Gasteiger partial charge >= 0.3 is 5.66 Å². The van der Waals surface area contributed by atoms with E-state index in [1.54, 1.807) is 0 Å². The Hall–Kier alpha value is -1.46. The van der Waals surface area contributed by atoms with Crippen molar-refractivity contribution in [1.29, 1.82) is 0 Å². The molecular weight excluding hydrogens is 152 g/mol. The van der Waals surface area contributed by atoms with Crippen LogP contribution in [0.4, 0.5) is 0 Å². The average molecular weight is 160 g/mol. The summed E-state index contributed by atoms with van der Waals surface area (Å²) in [5.41, 5.74) is -2.12. The molecule has 0 heterocycles. The summed E-state index contributed by atoms with van der Waals surface area (Å²) in [6, 6.07) is 0. The van der Waals surface area contributed by atoms with Gasteiger partial charge in [0.05, 0.1) is 16.8 Å². The van der Waals surface area contributed by atoms with E-state index in [4.69, 9.17) is 0 Å². The van der Waals surface area contributed by atoms with Crippen molar-refractivity contribution in [3.8, 4) is 0 Å². The van der Waals surface area contributed by atoms with Crippen molar-refractivity contribution >= 4 is 0 Å². The van der Waals surface area contributed by atoms with Gasteiger partial charge in [0.15, 0.2) is 0 Å². The quantitative estimate of drug-likeness (QED) is 0.264. The van der Waals surface area contributed by atoms with Gasteiger partial charge < -0.3 is 0 Å². The summed E-state index contributed by atoms with van der Waals surface area (Å²) in [4.78, 5) is 18.5. The number of hydrogen-bond acceptors (Lipinski definition) is 4. The van der Waals surface area contributed by atoms with Gasteiger partial charge in [-0.1, -0.05) is 6.08 Å². The fourth-order valence-electron chi connectivity index (χ4n) is 0.489. The maximum Gasteiger partial charge on any atom is 0.459 e. The molecule has 0 aliphatic heterocycles. The van der Waals surface area contributed by atoms with Crippen LogP contribution in [0.15, 0.2) is 12.7 Å². The van der Waals surface area contributed by atoms with Gasteiger partial charge in [-0.2, -0.15) is 0 Å². The first kappa shape index (κ1) is 9.54. The SMILES string of the molecule is C=CCC(C)([N+](=O)[O-])[N+](=O)[O-]. The highest BCUT2D eigenvalue weighted by Crippen LogP contribution is 2.14. The molecule has 0 aromatic carbocycles. The Labute approximate surface area is 62.8 Å². The van der Waals surface area contributed by atoms with Crippen LogP contribution in [-0.2, 0) is 0 Å². The van der Waals surface area contributed by atoms with E-state index in [0.29, 0.717) is 0 Å². The predicted octanol–water partition coefficient (Wildman–Crippen LogP) is 0.832. The minimum absolute atomic E-state index is 0.271. The van der Waals surface area contributed by atoms with Gasteiger partial charge in [0.2, 0.25) is 0 Å². The van der Waals surface area contributed by atoms with Crippen LogP contribution >= 0.6 is 0 Å². The van der Waals surface area contributed by atoms with Crippen molar-refractivity contribution in [2.45, 2.75) is 19.0 Å². The Morgan fingerprint density at radius 1 is 1.45 bits per heavy atom. The van der Waals surface area contributed by atoms with E-state index < -0.39 is 15.5 Å². The Balaban J connectivity index is 4.65. The van der Waals surface area contributed by atoms with Gasteiger partial charge in [-0.3, -0.25) is 20.2 Å². The van der Waals surface area contributed by atoms with E-state index in [0.717, 1.165) is 13.0 Å². The molecule has 62 valence electrons. The third-order valence-electron chi connectivity index (χ3n) is 1.32. The van der Waals surface area contributed by atoms with Crippen LogP contribution < -0.4 is 0 Å². The number of rotatable bonds is 4. The average Bonchev–Trinajstić information content (AvgIpc) is 1.87. The van der Waals surface area contributed by atoms with Crippen molar-refractivity contribution in [3.05, 3.63) is 32.9 Å². The molecule has 0 N–H and O–H groups in total. The Morgan fingerprint density at radius 3 is 1.91 bits per heavy atom. The van der Waals surface area contributed by atoms with Crippen molar-refractivity contribution < 1.29 is 9.85 Å². The molecule has 0 aliphatic rings. The second-order valence-corrected chi connectivity index (χ2v) is 2.22. The summed E-state index contributed by atoms with van der Waals surface area (Å²) in [6.07, 6.45) is 0.888. The topological polar surface area (TPSA) is 86.3 Å². The molecule has 0 aliphatic carbocycles. The normalized spacial score (nSPS) is 10.6. The summed E-state index contributed by atoms with van der Waals surface area (Å²) >= 11 is 0. The van der Waals surface area contributed by atoms with E-state index in [1.165, 1.54) is 0 Å². The lowest BCUT2D eigenvalue weighted by Crippen LogP contribution is -2.42. The predicted molar refractivity (Wildman–Crippen MR) is 37.2 cm³/mol. The highest BCUT2D eigenvalue weighted by atomic mass is 16.7. The first-order chi connectivity index (χ1) is 4.95. The summed E-state index contributed by atoms with van der Waals surface area (Å²) in [7, 11) is 0. The number of hydrogen-bond donors (Lipinski definition) is 0. The molecule has 0 atom stereocenters.